The van der Waals surface area contributed by atoms with Crippen molar-refractivity contribution in [2.75, 3.05) is 0 Å². The first-order valence-corrected chi connectivity index (χ1v) is 24.1. The minimum absolute atomic E-state index is 1.12. The summed E-state index contributed by atoms with van der Waals surface area (Å²) in [4.78, 5) is 0. The number of hydrogen-bond donors (Lipinski definition) is 0. The highest BCUT2D eigenvalue weighted by Gasteiger charge is 2.44. The van der Waals surface area contributed by atoms with E-state index in [-0.39, 0.29) is 0 Å². The van der Waals surface area contributed by atoms with Crippen molar-refractivity contribution in [3.8, 4) is 17.1 Å². The first-order valence-electron chi connectivity index (χ1n) is 22.1. The van der Waals surface area contributed by atoms with Crippen LogP contribution in [0.3, 0.4) is 0 Å². The molecule has 0 saturated carbocycles. The largest absolute Gasteiger partial charge is 0.309 e. The maximum Gasteiger partial charge on any atom is 0.181 e. The van der Waals surface area contributed by atoms with E-state index < -0.39 is 8.07 Å². The number of benzene rings is 10. The van der Waals surface area contributed by atoms with Gasteiger partial charge in [0.25, 0.3) is 0 Å². The molecule has 0 amide bonds. The molecule has 0 unspecified atom stereocenters. The van der Waals surface area contributed by atoms with Gasteiger partial charge in [0.2, 0.25) is 0 Å². The van der Waals surface area contributed by atoms with Crippen LogP contribution in [0.4, 0.5) is 0 Å². The SMILES string of the molecule is c1ccc(-n2c3ccccc3c3ccc(-n4c5ccccc5c5c(-n6c7ccccc7c7ccccc76)ccc([Si](c6ccccc6)(c6ccccc6)c6ccccc6)c54)cc32)cc1. The molecule has 0 aliphatic carbocycles. The summed E-state index contributed by atoms with van der Waals surface area (Å²) >= 11 is 0. The van der Waals surface area contributed by atoms with Gasteiger partial charge in [-0.1, -0.05) is 194 Å². The van der Waals surface area contributed by atoms with E-state index in [4.69, 9.17) is 0 Å². The Labute approximate surface area is 372 Å². The highest BCUT2D eigenvalue weighted by Crippen LogP contribution is 2.41. The molecule has 3 nitrogen and oxygen atoms in total. The van der Waals surface area contributed by atoms with E-state index in [1.807, 2.05) is 0 Å². The van der Waals surface area contributed by atoms with Crippen molar-refractivity contribution in [1.29, 1.82) is 0 Å². The number of hydrogen-bond acceptors (Lipinski definition) is 0. The fourth-order valence-electron chi connectivity index (χ4n) is 11.0. The average molecular weight is 832 g/mol. The van der Waals surface area contributed by atoms with Crippen LogP contribution >= 0.6 is 0 Å². The van der Waals surface area contributed by atoms with Crippen molar-refractivity contribution in [3.63, 3.8) is 0 Å². The first-order chi connectivity index (χ1) is 31.8. The number of para-hydroxylation sites is 5. The molecule has 10 aromatic carbocycles. The second-order valence-electron chi connectivity index (χ2n) is 16.8. The smallest absolute Gasteiger partial charge is 0.181 e. The summed E-state index contributed by atoms with van der Waals surface area (Å²) in [5.74, 6) is 0. The highest BCUT2D eigenvalue weighted by molar-refractivity contribution is 7.20. The van der Waals surface area contributed by atoms with E-state index in [0.717, 1.165) is 11.4 Å². The summed E-state index contributed by atoms with van der Waals surface area (Å²) in [6.07, 6.45) is 0. The molecule has 0 fully saturated rings. The summed E-state index contributed by atoms with van der Waals surface area (Å²) in [6.45, 7) is 0. The van der Waals surface area contributed by atoms with Crippen LogP contribution in [0.25, 0.3) is 82.5 Å². The van der Waals surface area contributed by atoms with Gasteiger partial charge < -0.3 is 13.7 Å². The molecule has 3 heterocycles. The van der Waals surface area contributed by atoms with Gasteiger partial charge in [0.05, 0.1) is 38.8 Å². The summed E-state index contributed by atoms with van der Waals surface area (Å²) in [5, 5.41) is 12.8. The van der Waals surface area contributed by atoms with Crippen molar-refractivity contribution in [1.82, 2.24) is 13.7 Å². The van der Waals surface area contributed by atoms with Crippen LogP contribution in [0.5, 0.6) is 0 Å². The molecule has 0 bridgehead atoms. The van der Waals surface area contributed by atoms with Crippen LogP contribution < -0.4 is 20.7 Å². The second kappa shape index (κ2) is 14.5. The first kappa shape index (κ1) is 36.5. The molecule has 0 spiro atoms. The highest BCUT2D eigenvalue weighted by atomic mass is 28.3. The average Bonchev–Trinajstić information content (AvgIpc) is 4.02. The molecule has 64 heavy (non-hydrogen) atoms. The maximum absolute atomic E-state index is 3.09. The lowest BCUT2D eigenvalue weighted by atomic mass is 10.1. The molecule has 3 aromatic heterocycles. The van der Waals surface area contributed by atoms with Crippen LogP contribution in [0.15, 0.2) is 249 Å². The monoisotopic (exact) mass is 831 g/mol. The number of rotatable bonds is 7. The number of aromatic nitrogens is 3. The molecule has 0 N–H and O–H groups in total. The minimum Gasteiger partial charge on any atom is -0.309 e. The third kappa shape index (κ3) is 5.21. The molecule has 0 radical (unpaired) electrons. The zero-order valence-corrected chi connectivity index (χ0v) is 36.0. The summed E-state index contributed by atoms with van der Waals surface area (Å²) < 4.78 is 7.55. The quantitative estimate of drug-likeness (QED) is 0.112. The van der Waals surface area contributed by atoms with Gasteiger partial charge in [-0.05, 0) is 75.3 Å². The minimum atomic E-state index is -3.09. The fourth-order valence-corrected chi connectivity index (χ4v) is 15.9. The standard InChI is InChI=1S/C60H41N3Si/c1-5-21-42(22-6-1)61-52-33-17-13-31-49(52)50-38-37-43(41-57(50)61)62-55-36-20-16-32-51(55)59-56(63-53-34-18-14-29-47(53)48-30-15-19-35-54(48)63)39-40-58(60(59)62)64(44-23-7-2-8-24-44,45-25-9-3-10-26-45)46-27-11-4-12-28-46/h1-41H. The summed E-state index contributed by atoms with van der Waals surface area (Å²) in [5.41, 5.74) is 10.6. The summed E-state index contributed by atoms with van der Waals surface area (Å²) in [6, 6.07) is 92.5. The molecule has 4 heteroatoms. The van der Waals surface area contributed by atoms with Crippen LogP contribution in [-0.2, 0) is 0 Å². The Hall–Kier alpha value is -8.18. The Morgan fingerprint density at radius 3 is 1.19 bits per heavy atom. The Kier molecular flexibility index (Phi) is 8.23. The van der Waals surface area contributed by atoms with Gasteiger partial charge in [-0.3, -0.25) is 0 Å². The van der Waals surface area contributed by atoms with Crippen molar-refractivity contribution >= 4 is 94.2 Å². The van der Waals surface area contributed by atoms with Gasteiger partial charge >= 0.3 is 0 Å². The zero-order valence-electron chi connectivity index (χ0n) is 35.0. The molecular formula is C60H41N3Si. The Balaban J connectivity index is 1.26. The van der Waals surface area contributed by atoms with Crippen molar-refractivity contribution < 1.29 is 0 Å². The number of fused-ring (bicyclic) bond motifs is 9. The molecule has 13 aromatic rings. The van der Waals surface area contributed by atoms with Gasteiger partial charge in [0.15, 0.2) is 8.07 Å². The lowest BCUT2D eigenvalue weighted by Crippen LogP contribution is -2.75. The zero-order chi connectivity index (χ0) is 42.2. The Bertz CT molecular complexity index is 3730. The van der Waals surface area contributed by atoms with Crippen molar-refractivity contribution in [2.24, 2.45) is 0 Å². The van der Waals surface area contributed by atoms with Crippen LogP contribution in [0.2, 0.25) is 0 Å². The van der Waals surface area contributed by atoms with Crippen LogP contribution in [0.1, 0.15) is 0 Å². The van der Waals surface area contributed by atoms with Crippen molar-refractivity contribution in [2.45, 2.75) is 0 Å². The summed E-state index contributed by atoms with van der Waals surface area (Å²) in [7, 11) is -3.09. The predicted octanol–water partition coefficient (Wildman–Crippen LogP) is 12.4. The third-order valence-electron chi connectivity index (χ3n) is 13.6. The van der Waals surface area contributed by atoms with E-state index in [2.05, 4.69) is 262 Å². The lowest BCUT2D eigenvalue weighted by molar-refractivity contribution is 1.15. The molecule has 300 valence electrons. The van der Waals surface area contributed by atoms with E-state index in [0.29, 0.717) is 0 Å². The molecule has 13 rings (SSSR count). The molecule has 0 atom stereocenters. The van der Waals surface area contributed by atoms with Crippen LogP contribution in [0, 0.1) is 0 Å². The van der Waals surface area contributed by atoms with Crippen LogP contribution in [-0.4, -0.2) is 21.8 Å². The maximum atomic E-state index is 2.60. The number of nitrogens with zero attached hydrogens (tertiary/aromatic N) is 3. The normalized spacial score (nSPS) is 12.1. The fraction of sp³-hybridized carbons (Fsp3) is 0. The van der Waals surface area contributed by atoms with E-state index in [1.165, 1.54) is 91.9 Å². The Morgan fingerprint density at radius 2 is 0.672 bits per heavy atom. The van der Waals surface area contributed by atoms with Gasteiger partial charge in [-0.2, -0.15) is 0 Å². The van der Waals surface area contributed by atoms with E-state index in [1.54, 1.807) is 0 Å². The molecular weight excluding hydrogens is 791 g/mol. The second-order valence-corrected chi connectivity index (χ2v) is 20.6. The lowest BCUT2D eigenvalue weighted by Gasteiger charge is -2.35. The third-order valence-corrected chi connectivity index (χ3v) is 18.4. The predicted molar refractivity (Wildman–Crippen MR) is 273 cm³/mol. The molecule has 0 aliphatic heterocycles. The van der Waals surface area contributed by atoms with Gasteiger partial charge in [-0.25, -0.2) is 0 Å². The Morgan fingerprint density at radius 1 is 0.266 bits per heavy atom. The van der Waals surface area contributed by atoms with Gasteiger partial charge in [0, 0.05) is 43.7 Å². The van der Waals surface area contributed by atoms with E-state index >= 15 is 0 Å². The van der Waals surface area contributed by atoms with E-state index in [9.17, 15) is 0 Å². The molecule has 0 saturated heterocycles. The molecule has 0 aliphatic rings. The van der Waals surface area contributed by atoms with Gasteiger partial charge in [0.1, 0.15) is 0 Å². The van der Waals surface area contributed by atoms with Crippen molar-refractivity contribution in [3.05, 3.63) is 249 Å². The van der Waals surface area contributed by atoms with Gasteiger partial charge in [-0.15, -0.1) is 0 Å². The topological polar surface area (TPSA) is 14.8 Å².